The van der Waals surface area contributed by atoms with Gasteiger partial charge in [0.1, 0.15) is 0 Å². The highest BCUT2D eigenvalue weighted by Gasteiger charge is 2.43. The first-order chi connectivity index (χ1) is 14.5. The highest BCUT2D eigenvalue weighted by Crippen LogP contribution is 2.32. The van der Waals surface area contributed by atoms with E-state index in [4.69, 9.17) is 0 Å². The standard InChI is InChI=1S/C21H21F3N2O4S/c1-14-6-7-18(15(2)12-14)31(29,30)19-5-3-4-17(16(19)13-27)25-8-10-26(11-9-25)20(28)21(22,23)24/h3-7,12-13H,8-11H2,1-2H3. The lowest BCUT2D eigenvalue weighted by Crippen LogP contribution is -2.52. The van der Waals surface area contributed by atoms with Crippen molar-refractivity contribution < 1.29 is 31.2 Å². The molecule has 10 heteroatoms. The lowest BCUT2D eigenvalue weighted by Gasteiger charge is -2.37. The van der Waals surface area contributed by atoms with Gasteiger partial charge in [0.15, 0.2) is 6.29 Å². The average Bonchev–Trinajstić information content (AvgIpc) is 2.71. The molecule has 0 atom stereocenters. The highest BCUT2D eigenvalue weighted by molar-refractivity contribution is 7.91. The monoisotopic (exact) mass is 454 g/mol. The van der Waals surface area contributed by atoms with Gasteiger partial charge in [0.2, 0.25) is 9.84 Å². The van der Waals surface area contributed by atoms with E-state index in [1.807, 2.05) is 6.92 Å². The van der Waals surface area contributed by atoms with Crippen LogP contribution in [0.25, 0.3) is 0 Å². The minimum atomic E-state index is -4.95. The van der Waals surface area contributed by atoms with Crippen LogP contribution in [0.1, 0.15) is 21.5 Å². The van der Waals surface area contributed by atoms with Crippen molar-refractivity contribution in [2.45, 2.75) is 29.8 Å². The van der Waals surface area contributed by atoms with E-state index < -0.39 is 21.9 Å². The van der Waals surface area contributed by atoms with Crippen LogP contribution in [0.3, 0.4) is 0 Å². The van der Waals surface area contributed by atoms with Crippen LogP contribution >= 0.6 is 0 Å². The first-order valence-electron chi connectivity index (χ1n) is 9.48. The second-order valence-corrected chi connectivity index (χ2v) is 9.24. The van der Waals surface area contributed by atoms with Crippen LogP contribution in [0.4, 0.5) is 18.9 Å². The summed E-state index contributed by atoms with van der Waals surface area (Å²) in [4.78, 5) is 25.6. The largest absolute Gasteiger partial charge is 0.471 e. The predicted molar refractivity (Wildman–Crippen MR) is 108 cm³/mol. The van der Waals surface area contributed by atoms with E-state index in [0.29, 0.717) is 22.4 Å². The van der Waals surface area contributed by atoms with Crippen LogP contribution in [0.5, 0.6) is 0 Å². The van der Waals surface area contributed by atoms with E-state index in [0.717, 1.165) is 5.56 Å². The molecule has 0 aromatic heterocycles. The van der Waals surface area contributed by atoms with Crippen LogP contribution < -0.4 is 4.90 Å². The molecule has 0 spiro atoms. The second kappa shape index (κ2) is 8.33. The van der Waals surface area contributed by atoms with Crippen LogP contribution in [0, 0.1) is 13.8 Å². The van der Waals surface area contributed by atoms with Crippen LogP contribution in [-0.4, -0.2) is 57.9 Å². The number of piperazine rings is 1. The molecule has 3 rings (SSSR count). The lowest BCUT2D eigenvalue weighted by atomic mass is 10.1. The fourth-order valence-electron chi connectivity index (χ4n) is 3.71. The van der Waals surface area contributed by atoms with E-state index in [9.17, 15) is 31.2 Å². The maximum atomic E-state index is 13.3. The zero-order chi connectivity index (χ0) is 23.0. The molecular formula is C21H21F3N2O4S. The predicted octanol–water partition coefficient (Wildman–Crippen LogP) is 3.16. The number of carbonyl (C=O) groups is 2. The third-order valence-electron chi connectivity index (χ3n) is 5.22. The van der Waals surface area contributed by atoms with E-state index in [2.05, 4.69) is 0 Å². The molecule has 1 aliphatic heterocycles. The van der Waals surface area contributed by atoms with Gasteiger partial charge >= 0.3 is 12.1 Å². The number of nitrogens with zero attached hydrogens (tertiary/aromatic N) is 2. The van der Waals surface area contributed by atoms with Crippen LogP contribution in [0.2, 0.25) is 0 Å². The van der Waals surface area contributed by atoms with Crippen molar-refractivity contribution in [3.05, 3.63) is 53.1 Å². The van der Waals surface area contributed by atoms with Crippen molar-refractivity contribution in [2.75, 3.05) is 31.1 Å². The minimum absolute atomic E-state index is 0.0374. The summed E-state index contributed by atoms with van der Waals surface area (Å²) in [7, 11) is -4.01. The van der Waals surface area contributed by atoms with Crippen LogP contribution in [-0.2, 0) is 14.6 Å². The summed E-state index contributed by atoms with van der Waals surface area (Å²) in [5.41, 5.74) is 1.69. The first kappa shape index (κ1) is 22.8. The van der Waals surface area contributed by atoms with Crippen molar-refractivity contribution in [2.24, 2.45) is 0 Å². The maximum absolute atomic E-state index is 13.3. The molecule has 0 N–H and O–H groups in total. The number of hydrogen-bond donors (Lipinski definition) is 0. The molecule has 1 aliphatic rings. The number of hydrogen-bond acceptors (Lipinski definition) is 5. The molecule has 1 fully saturated rings. The number of amides is 1. The number of halogens is 3. The SMILES string of the molecule is Cc1ccc(S(=O)(=O)c2cccc(N3CCN(C(=O)C(F)(F)F)CC3)c2C=O)c(C)c1. The van der Waals surface area contributed by atoms with E-state index >= 15 is 0 Å². The number of anilines is 1. The summed E-state index contributed by atoms with van der Waals surface area (Å²) < 4.78 is 64.5. The Morgan fingerprint density at radius 1 is 1.00 bits per heavy atom. The Hall–Kier alpha value is -2.88. The Labute approximate surface area is 178 Å². The fraction of sp³-hybridized carbons (Fsp3) is 0.333. The molecule has 2 aromatic carbocycles. The quantitative estimate of drug-likeness (QED) is 0.664. The average molecular weight is 454 g/mol. The molecular weight excluding hydrogens is 433 g/mol. The summed E-state index contributed by atoms with van der Waals surface area (Å²) in [6.07, 6.45) is -4.50. The summed E-state index contributed by atoms with van der Waals surface area (Å²) in [5, 5.41) is 0. The van der Waals surface area contributed by atoms with Gasteiger partial charge in [0.25, 0.3) is 0 Å². The molecule has 0 unspecified atom stereocenters. The number of carbonyl (C=O) groups excluding carboxylic acids is 2. The van der Waals surface area contributed by atoms with Crippen molar-refractivity contribution >= 4 is 27.7 Å². The van der Waals surface area contributed by atoms with Gasteiger partial charge in [-0.2, -0.15) is 13.2 Å². The number of alkyl halides is 3. The Kier molecular flexibility index (Phi) is 6.13. The van der Waals surface area contributed by atoms with Gasteiger partial charge in [0, 0.05) is 31.9 Å². The lowest BCUT2D eigenvalue weighted by molar-refractivity contribution is -0.185. The molecule has 1 amide bonds. The van der Waals surface area contributed by atoms with Gasteiger partial charge in [-0.1, -0.05) is 23.8 Å². The molecule has 1 heterocycles. The molecule has 166 valence electrons. The third kappa shape index (κ3) is 4.43. The Morgan fingerprint density at radius 3 is 2.19 bits per heavy atom. The van der Waals surface area contributed by atoms with Crippen molar-refractivity contribution in [3.63, 3.8) is 0 Å². The summed E-state index contributed by atoms with van der Waals surface area (Å²) >= 11 is 0. The fourth-order valence-corrected chi connectivity index (χ4v) is 5.38. The number of sulfone groups is 1. The number of rotatable bonds is 4. The number of benzene rings is 2. The molecule has 0 bridgehead atoms. The second-order valence-electron chi connectivity index (χ2n) is 7.36. The molecule has 6 nitrogen and oxygen atoms in total. The highest BCUT2D eigenvalue weighted by atomic mass is 32.2. The Balaban J connectivity index is 1.95. The topological polar surface area (TPSA) is 74.8 Å². The third-order valence-corrected chi connectivity index (χ3v) is 7.19. The smallest absolute Gasteiger partial charge is 0.367 e. The Bertz CT molecular complexity index is 1120. The van der Waals surface area contributed by atoms with E-state index in [1.165, 1.54) is 18.2 Å². The van der Waals surface area contributed by atoms with E-state index in [1.54, 1.807) is 30.0 Å². The van der Waals surface area contributed by atoms with Crippen molar-refractivity contribution in [3.8, 4) is 0 Å². The minimum Gasteiger partial charge on any atom is -0.367 e. The van der Waals surface area contributed by atoms with Gasteiger partial charge in [-0.15, -0.1) is 0 Å². The zero-order valence-corrected chi connectivity index (χ0v) is 17.8. The van der Waals surface area contributed by atoms with Gasteiger partial charge < -0.3 is 9.80 Å². The summed E-state index contributed by atoms with van der Waals surface area (Å²) in [6.45, 7) is 3.20. The molecule has 0 radical (unpaired) electrons. The summed E-state index contributed by atoms with van der Waals surface area (Å²) in [5.74, 6) is -1.91. The van der Waals surface area contributed by atoms with Gasteiger partial charge in [-0.3, -0.25) is 9.59 Å². The summed E-state index contributed by atoms with van der Waals surface area (Å²) in [6, 6.07) is 9.27. The molecule has 0 aliphatic carbocycles. The van der Waals surface area contributed by atoms with Gasteiger partial charge in [-0.25, -0.2) is 8.42 Å². The molecule has 0 saturated carbocycles. The van der Waals surface area contributed by atoms with E-state index in [-0.39, 0.29) is 41.5 Å². The number of aryl methyl sites for hydroxylation is 2. The number of aldehydes is 1. The molecule has 2 aromatic rings. The van der Waals surface area contributed by atoms with Crippen LogP contribution in [0.15, 0.2) is 46.2 Å². The molecule has 31 heavy (non-hydrogen) atoms. The first-order valence-corrected chi connectivity index (χ1v) is 11.0. The van der Waals surface area contributed by atoms with Crippen molar-refractivity contribution in [1.82, 2.24) is 4.90 Å². The maximum Gasteiger partial charge on any atom is 0.471 e. The zero-order valence-electron chi connectivity index (χ0n) is 16.9. The van der Waals surface area contributed by atoms with Crippen molar-refractivity contribution in [1.29, 1.82) is 0 Å². The van der Waals surface area contributed by atoms with Gasteiger partial charge in [-0.05, 0) is 37.6 Å². The van der Waals surface area contributed by atoms with Gasteiger partial charge in [0.05, 0.1) is 15.4 Å². The molecule has 1 saturated heterocycles. The normalized spacial score (nSPS) is 15.1. The Morgan fingerprint density at radius 2 is 1.65 bits per heavy atom.